The fourth-order valence-electron chi connectivity index (χ4n) is 2.44. The van der Waals surface area contributed by atoms with Crippen molar-refractivity contribution in [2.45, 2.75) is 19.4 Å². The van der Waals surface area contributed by atoms with Gasteiger partial charge in [-0.2, -0.15) is 5.10 Å². The number of anilines is 1. The summed E-state index contributed by atoms with van der Waals surface area (Å²) < 4.78 is 5.13. The lowest BCUT2D eigenvalue weighted by Crippen LogP contribution is -2.36. The topological polar surface area (TPSA) is 59.0 Å². The molecule has 0 spiro atoms. The number of nitrogens with zero attached hydrogens (tertiary/aromatic N) is 2. The Bertz CT molecular complexity index is 726. The Balaban J connectivity index is 1.91. The number of benzene rings is 1. The number of rotatable bonds is 5. The lowest BCUT2D eigenvalue weighted by atomic mass is 10.1. The van der Waals surface area contributed by atoms with Gasteiger partial charge < -0.3 is 4.74 Å². The van der Waals surface area contributed by atoms with E-state index >= 15 is 0 Å². The van der Waals surface area contributed by atoms with Gasteiger partial charge in [-0.3, -0.25) is 9.80 Å². The molecule has 0 fully saturated rings. The van der Waals surface area contributed by atoms with Crippen LogP contribution in [0.15, 0.2) is 52.9 Å². The van der Waals surface area contributed by atoms with E-state index in [1.165, 1.54) is 11.3 Å². The van der Waals surface area contributed by atoms with Gasteiger partial charge in [0, 0.05) is 6.42 Å². The van der Waals surface area contributed by atoms with Crippen LogP contribution in [0.1, 0.15) is 23.0 Å². The number of para-hydroxylation sites is 1. The van der Waals surface area contributed by atoms with E-state index in [2.05, 4.69) is 5.10 Å². The average molecular weight is 328 g/mol. The summed E-state index contributed by atoms with van der Waals surface area (Å²) in [5.74, 6) is -0.498. The minimum absolute atomic E-state index is 0.132. The van der Waals surface area contributed by atoms with Crippen molar-refractivity contribution in [1.29, 1.82) is 0 Å². The Kier molecular flexibility index (Phi) is 4.52. The summed E-state index contributed by atoms with van der Waals surface area (Å²) in [6, 6.07) is 12.3. The molecule has 0 radical (unpaired) electrons. The maximum absolute atomic E-state index is 12.5. The van der Waals surface area contributed by atoms with Gasteiger partial charge in [-0.05, 0) is 30.5 Å². The predicted octanol–water partition coefficient (Wildman–Crippen LogP) is 3.13. The normalized spacial score (nSPS) is 17.0. The minimum Gasteiger partial charge on any atom is -0.464 e. The van der Waals surface area contributed by atoms with Gasteiger partial charge in [0.1, 0.15) is 5.71 Å². The molecule has 2 heterocycles. The van der Waals surface area contributed by atoms with Crippen molar-refractivity contribution in [2.75, 3.05) is 11.6 Å². The van der Waals surface area contributed by atoms with Crippen molar-refractivity contribution in [2.24, 2.45) is 5.10 Å². The first kappa shape index (κ1) is 15.4. The number of esters is 1. The molecule has 5 nitrogen and oxygen atoms in total. The maximum Gasteiger partial charge on any atom is 0.331 e. The molecule has 1 aliphatic heterocycles. The smallest absolute Gasteiger partial charge is 0.331 e. The first-order chi connectivity index (χ1) is 11.2. The third-order valence-corrected chi connectivity index (χ3v) is 4.37. The van der Waals surface area contributed by atoms with Crippen molar-refractivity contribution < 1.29 is 14.3 Å². The molecule has 6 heteroatoms. The van der Waals surface area contributed by atoms with Crippen LogP contribution in [0.5, 0.6) is 0 Å². The monoisotopic (exact) mass is 328 g/mol. The summed E-state index contributed by atoms with van der Waals surface area (Å²) in [7, 11) is 0. The van der Waals surface area contributed by atoms with E-state index in [1.807, 2.05) is 41.8 Å². The summed E-state index contributed by atoms with van der Waals surface area (Å²) in [4.78, 5) is 25.4. The first-order valence-electron chi connectivity index (χ1n) is 7.37. The molecule has 2 aromatic rings. The number of thiophene rings is 1. The molecule has 0 N–H and O–H groups in total. The van der Waals surface area contributed by atoms with Crippen LogP contribution in [0.3, 0.4) is 0 Å². The molecule has 0 amide bonds. The molecule has 1 aromatic heterocycles. The predicted molar refractivity (Wildman–Crippen MR) is 90.0 cm³/mol. The summed E-state index contributed by atoms with van der Waals surface area (Å²) in [5, 5.41) is 7.84. The highest BCUT2D eigenvalue weighted by atomic mass is 32.1. The van der Waals surface area contributed by atoms with Crippen LogP contribution in [-0.2, 0) is 9.53 Å². The van der Waals surface area contributed by atoms with E-state index in [4.69, 9.17) is 4.74 Å². The molecule has 1 atom stereocenters. The van der Waals surface area contributed by atoms with Crippen molar-refractivity contribution in [3.8, 4) is 0 Å². The highest BCUT2D eigenvalue weighted by Crippen LogP contribution is 2.27. The Labute approximate surface area is 138 Å². The summed E-state index contributed by atoms with van der Waals surface area (Å²) in [6.45, 7) is 2.06. The number of ketones is 1. The third kappa shape index (κ3) is 3.17. The van der Waals surface area contributed by atoms with Gasteiger partial charge in [0.2, 0.25) is 5.78 Å². The van der Waals surface area contributed by atoms with E-state index in [-0.39, 0.29) is 18.2 Å². The van der Waals surface area contributed by atoms with Gasteiger partial charge in [0.05, 0.1) is 17.2 Å². The molecule has 23 heavy (non-hydrogen) atoms. The lowest BCUT2D eigenvalue weighted by Gasteiger charge is -2.21. The van der Waals surface area contributed by atoms with Gasteiger partial charge in [-0.25, -0.2) is 4.79 Å². The fourth-order valence-corrected chi connectivity index (χ4v) is 3.12. The zero-order chi connectivity index (χ0) is 16.2. The van der Waals surface area contributed by atoms with Crippen LogP contribution in [0, 0.1) is 0 Å². The van der Waals surface area contributed by atoms with Crippen LogP contribution in [0.2, 0.25) is 0 Å². The van der Waals surface area contributed by atoms with E-state index in [0.717, 1.165) is 5.69 Å². The zero-order valence-corrected chi connectivity index (χ0v) is 13.5. The van der Waals surface area contributed by atoms with Gasteiger partial charge in [-0.15, -0.1) is 11.3 Å². The molecule has 0 bridgehead atoms. The SMILES string of the molecule is CCOC(=O)[C@@H]1CC(C(=O)c2cccs2)=NN1c1ccccc1. The van der Waals surface area contributed by atoms with Crippen molar-refractivity contribution >= 4 is 34.5 Å². The molecule has 1 aliphatic rings. The van der Waals surface area contributed by atoms with E-state index in [9.17, 15) is 9.59 Å². The van der Waals surface area contributed by atoms with E-state index in [0.29, 0.717) is 17.2 Å². The Morgan fingerprint density at radius 1 is 1.26 bits per heavy atom. The molecule has 1 aromatic carbocycles. The van der Waals surface area contributed by atoms with Gasteiger partial charge in [0.25, 0.3) is 0 Å². The molecule has 0 saturated carbocycles. The van der Waals surface area contributed by atoms with Crippen molar-refractivity contribution in [3.05, 3.63) is 52.7 Å². The van der Waals surface area contributed by atoms with E-state index in [1.54, 1.807) is 18.0 Å². The Morgan fingerprint density at radius 3 is 2.70 bits per heavy atom. The average Bonchev–Trinajstić information content (AvgIpc) is 3.25. The number of ether oxygens (including phenoxy) is 1. The first-order valence-corrected chi connectivity index (χ1v) is 8.25. The van der Waals surface area contributed by atoms with Crippen molar-refractivity contribution in [1.82, 2.24) is 0 Å². The quantitative estimate of drug-likeness (QED) is 0.625. The molecule has 3 rings (SSSR count). The molecule has 0 unspecified atom stereocenters. The lowest BCUT2D eigenvalue weighted by molar-refractivity contribution is -0.144. The highest BCUT2D eigenvalue weighted by molar-refractivity contribution is 7.13. The van der Waals surface area contributed by atoms with Crippen LogP contribution < -0.4 is 5.01 Å². The molecule has 118 valence electrons. The number of hydrogen-bond acceptors (Lipinski definition) is 6. The number of carbonyl (C=O) groups is 2. The molecular formula is C17H16N2O3S. The summed E-state index contributed by atoms with van der Waals surface area (Å²) in [6.07, 6.45) is 0.254. The number of hydrogen-bond donors (Lipinski definition) is 0. The van der Waals surface area contributed by atoms with Gasteiger partial charge in [-0.1, -0.05) is 24.3 Å². The van der Waals surface area contributed by atoms with E-state index < -0.39 is 6.04 Å². The fraction of sp³-hybridized carbons (Fsp3) is 0.235. The van der Waals surface area contributed by atoms with Crippen LogP contribution >= 0.6 is 11.3 Å². The Hall–Kier alpha value is -2.47. The molecular weight excluding hydrogens is 312 g/mol. The number of hydrazone groups is 1. The minimum atomic E-state index is -0.601. The second-order valence-corrected chi connectivity index (χ2v) is 5.95. The molecule has 0 aliphatic carbocycles. The van der Waals surface area contributed by atoms with Crippen LogP contribution in [0.4, 0.5) is 5.69 Å². The largest absolute Gasteiger partial charge is 0.464 e. The van der Waals surface area contributed by atoms with Gasteiger partial charge in [0.15, 0.2) is 6.04 Å². The standard InChI is InChI=1S/C17H16N2O3S/c1-2-22-17(21)14-11-13(16(20)15-9-6-10-23-15)18-19(14)12-7-4-3-5-8-12/h3-10,14H,2,11H2,1H3/t14-/m0/s1. The highest BCUT2D eigenvalue weighted by Gasteiger charge is 2.37. The Morgan fingerprint density at radius 2 is 2.04 bits per heavy atom. The van der Waals surface area contributed by atoms with Crippen molar-refractivity contribution in [3.63, 3.8) is 0 Å². The summed E-state index contributed by atoms with van der Waals surface area (Å²) in [5.41, 5.74) is 1.15. The number of Topliss-reactive ketones (excluding diaryl/α,β-unsaturated/α-hetero) is 1. The number of carbonyl (C=O) groups excluding carboxylic acids is 2. The molecule has 0 saturated heterocycles. The zero-order valence-electron chi connectivity index (χ0n) is 12.6. The van der Waals surface area contributed by atoms with Crippen LogP contribution in [-0.4, -0.2) is 30.1 Å². The van der Waals surface area contributed by atoms with Crippen LogP contribution in [0.25, 0.3) is 0 Å². The second kappa shape index (κ2) is 6.75. The third-order valence-electron chi connectivity index (χ3n) is 3.50. The summed E-state index contributed by atoms with van der Waals surface area (Å²) >= 11 is 1.37. The second-order valence-electron chi connectivity index (χ2n) is 5.01. The maximum atomic E-state index is 12.5. The van der Waals surface area contributed by atoms with Gasteiger partial charge >= 0.3 is 5.97 Å².